The lowest BCUT2D eigenvalue weighted by Gasteiger charge is -2.15. The zero-order chi connectivity index (χ0) is 13.8. The molecule has 1 aromatic rings. The average molecular weight is 262 g/mol. The molecule has 0 saturated heterocycles. The number of alkyl halides is 3. The fraction of sp³-hybridized carbons (Fsp3) is 0.583. The molecule has 0 radical (unpaired) electrons. The van der Waals surface area contributed by atoms with Crippen molar-refractivity contribution >= 4 is 0 Å². The number of aromatic nitrogens is 1. The SMILES string of the molecule is CCCn1cc(CCCO)c(C(F)(F)F)cc1=N. The van der Waals surface area contributed by atoms with Gasteiger partial charge in [-0.05, 0) is 30.9 Å². The predicted molar refractivity (Wildman–Crippen MR) is 61.0 cm³/mol. The summed E-state index contributed by atoms with van der Waals surface area (Å²) < 4.78 is 40.0. The average Bonchev–Trinajstić information content (AvgIpc) is 2.28. The number of nitrogens with one attached hydrogen (secondary N) is 1. The molecule has 0 aromatic carbocycles. The summed E-state index contributed by atoms with van der Waals surface area (Å²) in [6, 6.07) is 0.863. The minimum absolute atomic E-state index is 0.140. The second-order valence-corrected chi connectivity index (χ2v) is 4.12. The molecule has 1 heterocycles. The highest BCUT2D eigenvalue weighted by molar-refractivity contribution is 5.26. The maximum absolute atomic E-state index is 12.8. The smallest absolute Gasteiger partial charge is 0.396 e. The Balaban J connectivity index is 3.23. The molecule has 1 rings (SSSR count). The van der Waals surface area contributed by atoms with E-state index in [0.717, 1.165) is 12.5 Å². The van der Waals surface area contributed by atoms with Crippen molar-refractivity contribution in [2.45, 2.75) is 38.9 Å². The first-order chi connectivity index (χ1) is 8.40. The van der Waals surface area contributed by atoms with E-state index in [1.165, 1.54) is 10.8 Å². The summed E-state index contributed by atoms with van der Waals surface area (Å²) in [5, 5.41) is 16.3. The molecule has 0 aliphatic carbocycles. The van der Waals surface area contributed by atoms with Gasteiger partial charge in [-0.25, -0.2) is 0 Å². The highest BCUT2D eigenvalue weighted by Crippen LogP contribution is 2.31. The molecule has 0 saturated carbocycles. The van der Waals surface area contributed by atoms with Crippen LogP contribution in [0.5, 0.6) is 0 Å². The van der Waals surface area contributed by atoms with Gasteiger partial charge in [0.15, 0.2) is 0 Å². The van der Waals surface area contributed by atoms with Gasteiger partial charge in [0.1, 0.15) is 5.49 Å². The highest BCUT2D eigenvalue weighted by atomic mass is 19.4. The molecule has 6 heteroatoms. The quantitative estimate of drug-likeness (QED) is 0.840. The normalized spacial score (nSPS) is 11.8. The molecule has 0 aliphatic heterocycles. The van der Waals surface area contributed by atoms with Crippen LogP contribution in [0.25, 0.3) is 0 Å². The molecule has 0 amide bonds. The Morgan fingerprint density at radius 2 is 2.06 bits per heavy atom. The fourth-order valence-electron chi connectivity index (χ4n) is 1.80. The van der Waals surface area contributed by atoms with Gasteiger partial charge in [-0.1, -0.05) is 6.92 Å². The molecule has 0 fully saturated rings. The third-order valence-corrected chi connectivity index (χ3v) is 2.62. The van der Waals surface area contributed by atoms with Gasteiger partial charge in [-0.15, -0.1) is 0 Å². The molecule has 0 spiro atoms. The molecule has 1 aromatic heterocycles. The summed E-state index contributed by atoms with van der Waals surface area (Å²) in [7, 11) is 0. The zero-order valence-corrected chi connectivity index (χ0v) is 10.2. The van der Waals surface area contributed by atoms with Crippen LogP contribution < -0.4 is 5.49 Å². The number of rotatable bonds is 5. The molecule has 2 N–H and O–H groups in total. The molecule has 0 aliphatic rings. The molecular weight excluding hydrogens is 245 g/mol. The molecule has 102 valence electrons. The van der Waals surface area contributed by atoms with Crippen molar-refractivity contribution in [1.29, 1.82) is 5.41 Å². The second kappa shape index (κ2) is 6.04. The van der Waals surface area contributed by atoms with Gasteiger partial charge in [-0.3, -0.25) is 5.41 Å². The number of halogens is 3. The largest absolute Gasteiger partial charge is 0.416 e. The third kappa shape index (κ3) is 3.60. The molecule has 0 bridgehead atoms. The van der Waals surface area contributed by atoms with E-state index in [9.17, 15) is 13.2 Å². The maximum atomic E-state index is 12.8. The molecule has 0 unspecified atom stereocenters. The van der Waals surface area contributed by atoms with Gasteiger partial charge in [0.25, 0.3) is 0 Å². The minimum Gasteiger partial charge on any atom is -0.396 e. The summed E-state index contributed by atoms with van der Waals surface area (Å²) in [6.07, 6.45) is -1.88. The van der Waals surface area contributed by atoms with Gasteiger partial charge in [0.2, 0.25) is 0 Å². The van der Waals surface area contributed by atoms with E-state index >= 15 is 0 Å². The molecule has 3 nitrogen and oxygen atoms in total. The number of aryl methyl sites for hydroxylation is 2. The van der Waals surface area contributed by atoms with Gasteiger partial charge in [0.05, 0.1) is 5.56 Å². The summed E-state index contributed by atoms with van der Waals surface area (Å²) in [5.74, 6) is 0. The van der Waals surface area contributed by atoms with Crippen LogP contribution in [0.15, 0.2) is 12.3 Å². The minimum atomic E-state index is -4.45. The van der Waals surface area contributed by atoms with Crippen LogP contribution in [0.3, 0.4) is 0 Å². The van der Waals surface area contributed by atoms with E-state index in [4.69, 9.17) is 10.5 Å². The van der Waals surface area contributed by atoms with E-state index in [1.54, 1.807) is 0 Å². The van der Waals surface area contributed by atoms with Crippen molar-refractivity contribution < 1.29 is 18.3 Å². The second-order valence-electron chi connectivity index (χ2n) is 4.12. The first kappa shape index (κ1) is 14.8. The van der Waals surface area contributed by atoms with Crippen LogP contribution in [-0.4, -0.2) is 16.3 Å². The Hall–Kier alpha value is -1.30. The van der Waals surface area contributed by atoms with Crippen molar-refractivity contribution in [3.8, 4) is 0 Å². The van der Waals surface area contributed by atoms with Crippen LogP contribution in [0.4, 0.5) is 13.2 Å². The number of nitrogens with zero attached hydrogens (tertiary/aromatic N) is 1. The standard InChI is InChI=1S/C12H17F3N2O/c1-2-5-17-8-9(4-3-6-18)10(7-11(17)16)12(13,14)15/h7-8,16,18H,2-6H2,1H3. The number of aliphatic hydroxyl groups excluding tert-OH is 1. The first-order valence-corrected chi connectivity index (χ1v) is 5.86. The van der Waals surface area contributed by atoms with E-state index in [2.05, 4.69) is 0 Å². The van der Waals surface area contributed by atoms with E-state index < -0.39 is 11.7 Å². The zero-order valence-electron chi connectivity index (χ0n) is 10.2. The summed E-state index contributed by atoms with van der Waals surface area (Å²) in [5.41, 5.74) is -0.772. The summed E-state index contributed by atoms with van der Waals surface area (Å²) in [6.45, 7) is 2.27. The van der Waals surface area contributed by atoms with Crippen LogP contribution in [0, 0.1) is 5.41 Å². The lowest BCUT2D eigenvalue weighted by atomic mass is 10.0. The van der Waals surface area contributed by atoms with Crippen molar-refractivity contribution in [1.82, 2.24) is 4.57 Å². The molecule has 0 atom stereocenters. The Labute approximate surface area is 103 Å². The van der Waals surface area contributed by atoms with Crippen LogP contribution >= 0.6 is 0 Å². The van der Waals surface area contributed by atoms with E-state index in [0.29, 0.717) is 6.54 Å². The van der Waals surface area contributed by atoms with Crippen molar-refractivity contribution in [3.63, 3.8) is 0 Å². The van der Waals surface area contributed by atoms with Gasteiger partial charge in [-0.2, -0.15) is 13.2 Å². The monoisotopic (exact) mass is 262 g/mol. The van der Waals surface area contributed by atoms with Gasteiger partial charge in [0, 0.05) is 19.3 Å². The van der Waals surface area contributed by atoms with Crippen molar-refractivity contribution in [3.05, 3.63) is 28.9 Å². The number of hydrogen-bond acceptors (Lipinski definition) is 2. The maximum Gasteiger partial charge on any atom is 0.416 e. The molecular formula is C12H17F3N2O. The van der Waals surface area contributed by atoms with Crippen molar-refractivity contribution in [2.75, 3.05) is 6.61 Å². The third-order valence-electron chi connectivity index (χ3n) is 2.62. The summed E-state index contributed by atoms with van der Waals surface area (Å²) >= 11 is 0. The van der Waals surface area contributed by atoms with Crippen LogP contribution in [-0.2, 0) is 19.1 Å². The van der Waals surface area contributed by atoms with Crippen LogP contribution in [0.2, 0.25) is 0 Å². The number of aliphatic hydroxyl groups is 1. The fourth-order valence-corrected chi connectivity index (χ4v) is 1.80. The predicted octanol–water partition coefficient (Wildman–Crippen LogP) is 2.32. The summed E-state index contributed by atoms with van der Waals surface area (Å²) in [4.78, 5) is 0. The lowest BCUT2D eigenvalue weighted by molar-refractivity contribution is -0.138. The Morgan fingerprint density at radius 1 is 1.39 bits per heavy atom. The van der Waals surface area contributed by atoms with Crippen molar-refractivity contribution in [2.24, 2.45) is 0 Å². The number of pyridine rings is 1. The van der Waals surface area contributed by atoms with Gasteiger partial charge >= 0.3 is 6.18 Å². The Bertz CT molecular complexity index is 452. The van der Waals surface area contributed by atoms with Gasteiger partial charge < -0.3 is 9.67 Å². The molecule has 18 heavy (non-hydrogen) atoms. The van der Waals surface area contributed by atoms with E-state index in [-0.39, 0.29) is 30.5 Å². The topological polar surface area (TPSA) is 49.0 Å². The number of hydrogen-bond donors (Lipinski definition) is 2. The highest BCUT2D eigenvalue weighted by Gasteiger charge is 2.33. The lowest BCUT2D eigenvalue weighted by Crippen LogP contribution is -2.24. The van der Waals surface area contributed by atoms with E-state index in [1.807, 2.05) is 6.92 Å². The van der Waals surface area contributed by atoms with Crippen LogP contribution in [0.1, 0.15) is 30.9 Å². The Kier molecular flexibility index (Phi) is 4.95. The Morgan fingerprint density at radius 3 is 2.56 bits per heavy atom. The first-order valence-electron chi connectivity index (χ1n) is 5.86.